The van der Waals surface area contributed by atoms with Crippen LogP contribution in [0.1, 0.15) is 19.8 Å². The highest BCUT2D eigenvalue weighted by Gasteiger charge is 2.14. The SMILES string of the molecule is CC(Cl)Cl.CN1CCCC1=O. The van der Waals surface area contributed by atoms with Crippen molar-refractivity contribution in [2.24, 2.45) is 0 Å². The van der Waals surface area contributed by atoms with Gasteiger partial charge in [-0.1, -0.05) is 0 Å². The molecule has 1 fully saturated rings. The van der Waals surface area contributed by atoms with Gasteiger partial charge in [-0.25, -0.2) is 0 Å². The molecule has 0 saturated carbocycles. The number of carbonyl (C=O) groups is 1. The van der Waals surface area contributed by atoms with E-state index in [1.54, 1.807) is 11.8 Å². The Kier molecular flexibility index (Phi) is 5.69. The van der Waals surface area contributed by atoms with E-state index < -0.39 is 0 Å². The Balaban J connectivity index is 0.000000218. The van der Waals surface area contributed by atoms with Crippen molar-refractivity contribution >= 4 is 29.1 Å². The van der Waals surface area contributed by atoms with Crippen molar-refractivity contribution in [2.45, 2.75) is 24.6 Å². The Morgan fingerprint density at radius 2 is 2.00 bits per heavy atom. The zero-order valence-electron chi connectivity index (χ0n) is 6.81. The summed E-state index contributed by atoms with van der Waals surface area (Å²) in [7, 11) is 1.84. The molecule has 0 N–H and O–H groups in total. The highest BCUT2D eigenvalue weighted by Crippen LogP contribution is 2.04. The summed E-state index contributed by atoms with van der Waals surface area (Å²) < 4.78 is 0. The second kappa shape index (κ2) is 5.67. The maximum absolute atomic E-state index is 10.5. The van der Waals surface area contributed by atoms with Crippen LogP contribution in [0.25, 0.3) is 0 Å². The van der Waals surface area contributed by atoms with Gasteiger partial charge in [0.15, 0.2) is 0 Å². The van der Waals surface area contributed by atoms with Crippen LogP contribution in [0, 0.1) is 0 Å². The molecule has 1 heterocycles. The largest absolute Gasteiger partial charge is 0.346 e. The number of hydrogen-bond acceptors (Lipinski definition) is 1. The van der Waals surface area contributed by atoms with Crippen LogP contribution in [0.15, 0.2) is 0 Å². The van der Waals surface area contributed by atoms with Crippen LogP contribution >= 0.6 is 23.2 Å². The van der Waals surface area contributed by atoms with Crippen LogP contribution in [0.5, 0.6) is 0 Å². The first-order valence-electron chi connectivity index (χ1n) is 3.56. The third kappa shape index (κ3) is 6.45. The average Bonchev–Trinajstić information content (AvgIpc) is 2.15. The summed E-state index contributed by atoms with van der Waals surface area (Å²) in [5, 5.41) is 0. The van der Waals surface area contributed by atoms with Gasteiger partial charge < -0.3 is 4.90 Å². The number of carbonyl (C=O) groups excluding carboxylic acids is 1. The van der Waals surface area contributed by atoms with Gasteiger partial charge in [0.05, 0.1) is 0 Å². The van der Waals surface area contributed by atoms with Gasteiger partial charge in [0.1, 0.15) is 4.84 Å². The second-order valence-electron chi connectivity index (χ2n) is 2.44. The maximum Gasteiger partial charge on any atom is 0.222 e. The van der Waals surface area contributed by atoms with Crippen LogP contribution in [-0.4, -0.2) is 29.2 Å². The molecule has 0 aromatic heterocycles. The van der Waals surface area contributed by atoms with Crippen LogP contribution < -0.4 is 0 Å². The molecule has 1 aliphatic heterocycles. The standard InChI is InChI=1S/C5H9NO.C2H4Cl2/c1-6-4-2-3-5(6)7;1-2(3)4/h2-4H2,1H3;2H,1H3. The molecule has 1 saturated heterocycles. The summed E-state index contributed by atoms with van der Waals surface area (Å²) in [6, 6.07) is 0. The molecule has 66 valence electrons. The fourth-order valence-electron chi connectivity index (χ4n) is 0.783. The van der Waals surface area contributed by atoms with Crippen molar-refractivity contribution in [1.29, 1.82) is 0 Å². The zero-order valence-corrected chi connectivity index (χ0v) is 8.32. The molecule has 0 aromatic carbocycles. The minimum absolute atomic E-state index is 0.222. The van der Waals surface area contributed by atoms with E-state index in [0.29, 0.717) is 5.91 Å². The lowest BCUT2D eigenvalue weighted by Gasteiger charge is -2.03. The molecule has 2 nitrogen and oxygen atoms in total. The minimum Gasteiger partial charge on any atom is -0.346 e. The molecule has 11 heavy (non-hydrogen) atoms. The van der Waals surface area contributed by atoms with Gasteiger partial charge in [-0.2, -0.15) is 0 Å². The van der Waals surface area contributed by atoms with E-state index in [1.807, 2.05) is 7.05 Å². The Morgan fingerprint density at radius 1 is 1.55 bits per heavy atom. The third-order valence-corrected chi connectivity index (χ3v) is 1.31. The van der Waals surface area contributed by atoms with E-state index in [2.05, 4.69) is 0 Å². The van der Waals surface area contributed by atoms with Gasteiger partial charge in [0, 0.05) is 20.0 Å². The summed E-state index contributed by atoms with van der Waals surface area (Å²) in [4.78, 5) is 12.0. The second-order valence-corrected chi connectivity index (χ2v) is 3.97. The fourth-order valence-corrected chi connectivity index (χ4v) is 0.783. The summed E-state index contributed by atoms with van der Waals surface area (Å²) >= 11 is 10.1. The Hall–Kier alpha value is 0.0500. The predicted molar refractivity (Wildman–Crippen MR) is 48.0 cm³/mol. The van der Waals surface area contributed by atoms with Gasteiger partial charge in [0.25, 0.3) is 0 Å². The Labute approximate surface area is 77.5 Å². The molecule has 0 radical (unpaired) electrons. The zero-order chi connectivity index (χ0) is 8.85. The smallest absolute Gasteiger partial charge is 0.222 e. The van der Waals surface area contributed by atoms with Crippen molar-refractivity contribution in [3.05, 3.63) is 0 Å². The van der Waals surface area contributed by atoms with Crippen LogP contribution in [0.4, 0.5) is 0 Å². The van der Waals surface area contributed by atoms with E-state index in [4.69, 9.17) is 23.2 Å². The third-order valence-electron chi connectivity index (χ3n) is 1.31. The van der Waals surface area contributed by atoms with Gasteiger partial charge in [-0.15, -0.1) is 23.2 Å². The number of rotatable bonds is 0. The molecule has 1 amide bonds. The summed E-state index contributed by atoms with van der Waals surface area (Å²) in [5.41, 5.74) is 0. The first kappa shape index (κ1) is 11.1. The number of halogens is 2. The predicted octanol–water partition coefficient (Wildman–Crippen LogP) is 2.05. The monoisotopic (exact) mass is 197 g/mol. The van der Waals surface area contributed by atoms with E-state index in [1.165, 1.54) is 0 Å². The van der Waals surface area contributed by atoms with Crippen molar-refractivity contribution in [1.82, 2.24) is 4.90 Å². The van der Waals surface area contributed by atoms with Crippen molar-refractivity contribution in [3.8, 4) is 0 Å². The summed E-state index contributed by atoms with van der Waals surface area (Å²) in [6.45, 7) is 2.65. The minimum atomic E-state index is -0.222. The van der Waals surface area contributed by atoms with Gasteiger partial charge in [-0.3, -0.25) is 4.79 Å². The topological polar surface area (TPSA) is 20.3 Å². The average molecular weight is 198 g/mol. The molecule has 1 rings (SSSR count). The normalized spacial score (nSPS) is 16.8. The quantitative estimate of drug-likeness (QED) is 0.545. The van der Waals surface area contributed by atoms with Crippen LogP contribution in [0.3, 0.4) is 0 Å². The Bertz CT molecular complexity index is 125. The lowest BCUT2D eigenvalue weighted by Crippen LogP contribution is -2.17. The molecule has 4 heteroatoms. The number of likely N-dealkylation sites (tertiary alicyclic amines) is 1. The van der Waals surface area contributed by atoms with Crippen LogP contribution in [-0.2, 0) is 4.79 Å². The van der Waals surface area contributed by atoms with E-state index >= 15 is 0 Å². The van der Waals surface area contributed by atoms with Gasteiger partial charge in [0.2, 0.25) is 5.91 Å². The number of nitrogens with zero attached hydrogens (tertiary/aromatic N) is 1. The van der Waals surface area contributed by atoms with Crippen LogP contribution in [0.2, 0.25) is 0 Å². The highest BCUT2D eigenvalue weighted by molar-refractivity contribution is 6.43. The van der Waals surface area contributed by atoms with E-state index in [0.717, 1.165) is 19.4 Å². The maximum atomic E-state index is 10.5. The van der Waals surface area contributed by atoms with Crippen molar-refractivity contribution < 1.29 is 4.79 Å². The number of alkyl halides is 2. The number of hydrogen-bond donors (Lipinski definition) is 0. The first-order valence-corrected chi connectivity index (χ1v) is 4.43. The Morgan fingerprint density at radius 3 is 2.09 bits per heavy atom. The van der Waals surface area contributed by atoms with Gasteiger partial charge >= 0.3 is 0 Å². The lowest BCUT2D eigenvalue weighted by atomic mass is 10.4. The lowest BCUT2D eigenvalue weighted by molar-refractivity contribution is -0.126. The molecule has 0 spiro atoms. The molecular formula is C7H13Cl2NO. The van der Waals surface area contributed by atoms with E-state index in [-0.39, 0.29) is 4.84 Å². The molecule has 0 unspecified atom stereocenters. The summed E-state index contributed by atoms with van der Waals surface area (Å²) in [6.07, 6.45) is 1.81. The van der Waals surface area contributed by atoms with Crippen molar-refractivity contribution in [3.63, 3.8) is 0 Å². The highest BCUT2D eigenvalue weighted by atomic mass is 35.5. The van der Waals surface area contributed by atoms with Gasteiger partial charge in [-0.05, 0) is 13.3 Å². The molecule has 1 aliphatic rings. The first-order chi connectivity index (χ1) is 5.04. The fraction of sp³-hybridized carbons (Fsp3) is 0.857. The summed E-state index contributed by atoms with van der Waals surface area (Å²) in [5.74, 6) is 0.292. The van der Waals surface area contributed by atoms with E-state index in [9.17, 15) is 4.79 Å². The van der Waals surface area contributed by atoms with Crippen molar-refractivity contribution in [2.75, 3.05) is 13.6 Å². The molecule has 0 aromatic rings. The number of amides is 1. The molecule has 0 atom stereocenters. The molecule has 0 bridgehead atoms. The molecule has 0 aliphatic carbocycles. The molecular weight excluding hydrogens is 185 g/mol.